The Kier molecular flexibility index (Phi) is 0.957. The molecule has 0 aromatic carbocycles. The molecule has 0 saturated heterocycles. The summed E-state index contributed by atoms with van der Waals surface area (Å²) in [6.45, 7) is 0. The number of nitrogens with two attached hydrogens (primary N) is 1. The molecule has 1 heterocycles. The van der Waals surface area contributed by atoms with Crippen molar-refractivity contribution in [2.24, 2.45) is 0 Å². The number of nitrogens with one attached hydrogen (secondary N) is 1. The number of nitrogen functional groups attached to an aromatic ring is 1. The van der Waals surface area contributed by atoms with Crippen molar-refractivity contribution in [2.75, 3.05) is 5.73 Å². The van der Waals surface area contributed by atoms with Crippen molar-refractivity contribution < 1.29 is 4.54 Å². The Balaban J connectivity index is 3.35. The molecule has 0 atom stereocenters. The van der Waals surface area contributed by atoms with Crippen LogP contribution in [0.5, 0.6) is 0 Å². The van der Waals surface area contributed by atoms with Gasteiger partial charge in [0, 0.05) is 0 Å². The number of aromatic amines is 1. The molecule has 0 radical (unpaired) electrons. The van der Waals surface area contributed by atoms with Crippen LogP contribution in [0.1, 0.15) is 0 Å². The van der Waals surface area contributed by atoms with Crippen LogP contribution in [0.2, 0.25) is 0 Å². The van der Waals surface area contributed by atoms with E-state index in [9.17, 15) is 4.91 Å². The second kappa shape index (κ2) is 1.61. The monoisotopic (exact) mass is 113 g/mol. The first kappa shape index (κ1) is 4.76. The van der Waals surface area contributed by atoms with Crippen LogP contribution in [-0.2, 0) is 0 Å². The van der Waals surface area contributed by atoms with E-state index >= 15 is 0 Å². The maximum Gasteiger partial charge on any atom is 0.449 e. The first-order valence-electron chi connectivity index (χ1n) is 2.02. The van der Waals surface area contributed by atoms with Gasteiger partial charge in [-0.15, -0.1) is 0 Å². The van der Waals surface area contributed by atoms with Crippen molar-refractivity contribution in [1.82, 2.24) is 10.1 Å². The summed E-state index contributed by atoms with van der Waals surface area (Å²) < 4.78 is 0.375. The highest BCUT2D eigenvalue weighted by Gasteiger charge is 1.95. The molecular weight excluding hydrogens is 108 g/mol. The molecule has 1 aromatic heterocycles. The average molecular weight is 113 g/mol. The van der Waals surface area contributed by atoms with Gasteiger partial charge in [-0.05, 0) is 0 Å². The van der Waals surface area contributed by atoms with Crippen LogP contribution in [0.25, 0.3) is 0 Å². The lowest BCUT2D eigenvalue weighted by Crippen LogP contribution is -2.24. The van der Waals surface area contributed by atoms with Crippen molar-refractivity contribution in [3.05, 3.63) is 17.3 Å². The first-order valence-corrected chi connectivity index (χ1v) is 2.02. The maximum atomic E-state index is 10.3. The second-order valence-corrected chi connectivity index (χ2v) is 1.23. The summed E-state index contributed by atoms with van der Waals surface area (Å²) in [6, 6.07) is 0. The van der Waals surface area contributed by atoms with Gasteiger partial charge in [-0.2, -0.15) is 0 Å². The lowest BCUT2D eigenvalue weighted by molar-refractivity contribution is -0.552. The Morgan fingerprint density at radius 1 is 1.88 bits per heavy atom. The third-order valence-electron chi connectivity index (χ3n) is 0.681. The molecule has 1 aromatic rings. The number of rotatable bonds is 0. The topological polar surface area (TPSA) is 77.7 Å². The quantitative estimate of drug-likeness (QED) is 0.419. The molecule has 0 aliphatic carbocycles. The number of anilines is 1. The van der Waals surface area contributed by atoms with Crippen molar-refractivity contribution in [2.45, 2.75) is 0 Å². The Hall–Kier alpha value is -1.39. The van der Waals surface area contributed by atoms with Crippen molar-refractivity contribution in [1.29, 1.82) is 0 Å². The summed E-state index contributed by atoms with van der Waals surface area (Å²) >= 11 is 0. The Morgan fingerprint density at radius 2 is 2.62 bits per heavy atom. The van der Waals surface area contributed by atoms with Gasteiger partial charge in [0.1, 0.15) is 6.20 Å². The molecule has 0 aliphatic rings. The number of hydrogen-bond donors (Lipinski definition) is 2. The van der Waals surface area contributed by atoms with E-state index in [0.717, 1.165) is 0 Å². The fourth-order valence-electron chi connectivity index (χ4n) is 0.333. The van der Waals surface area contributed by atoms with E-state index in [1.807, 2.05) is 0 Å². The standard InChI is InChI=1S/C3H5N4O/c4-3-5-1-2-6-7(3)8/h1-2H,(H2,4,5)(H,6,8)/q+1. The average Bonchev–Trinajstić information content (AvgIpc) is 1.77. The molecular formula is C3H5N4O+. The molecule has 5 nitrogen and oxygen atoms in total. The molecule has 0 aliphatic heterocycles. The van der Waals surface area contributed by atoms with E-state index in [1.54, 1.807) is 0 Å². The SMILES string of the molecule is Nc1ncc[nH][n+]1=O. The number of hydrogen-bond acceptors (Lipinski definition) is 3. The van der Waals surface area contributed by atoms with Crippen LogP contribution in [-0.4, -0.2) is 10.1 Å². The van der Waals surface area contributed by atoms with Crippen LogP contribution < -0.4 is 10.3 Å². The smallest absolute Gasteiger partial charge is 0.283 e. The van der Waals surface area contributed by atoms with Gasteiger partial charge in [0.2, 0.25) is 0 Å². The minimum atomic E-state index is -0.0764. The van der Waals surface area contributed by atoms with Gasteiger partial charge in [-0.3, -0.25) is 5.73 Å². The molecule has 3 N–H and O–H groups in total. The zero-order valence-electron chi connectivity index (χ0n) is 4.03. The van der Waals surface area contributed by atoms with E-state index in [1.165, 1.54) is 12.4 Å². The van der Waals surface area contributed by atoms with Crippen molar-refractivity contribution in [3.8, 4) is 0 Å². The first-order chi connectivity index (χ1) is 3.80. The second-order valence-electron chi connectivity index (χ2n) is 1.23. The van der Waals surface area contributed by atoms with Crippen molar-refractivity contribution in [3.63, 3.8) is 0 Å². The maximum absolute atomic E-state index is 10.3. The Morgan fingerprint density at radius 3 is 3.00 bits per heavy atom. The molecule has 0 amide bonds. The van der Waals surface area contributed by atoms with Gasteiger partial charge in [0.15, 0.2) is 0 Å². The molecule has 1 rings (SSSR count). The number of nitrogens with zero attached hydrogens (tertiary/aromatic N) is 2. The summed E-state index contributed by atoms with van der Waals surface area (Å²) in [6.07, 6.45) is 2.80. The largest absolute Gasteiger partial charge is 0.449 e. The minimum Gasteiger partial charge on any atom is -0.283 e. The van der Waals surface area contributed by atoms with E-state index in [4.69, 9.17) is 5.73 Å². The molecule has 0 saturated carbocycles. The van der Waals surface area contributed by atoms with Gasteiger partial charge in [0.25, 0.3) is 0 Å². The van der Waals surface area contributed by atoms with Gasteiger partial charge >= 0.3 is 5.95 Å². The normalized spacial score (nSPS) is 9.00. The third kappa shape index (κ3) is 0.651. The molecule has 8 heavy (non-hydrogen) atoms. The molecule has 0 unspecified atom stereocenters. The Labute approximate surface area is 44.8 Å². The van der Waals surface area contributed by atoms with E-state index < -0.39 is 0 Å². The summed E-state index contributed by atoms with van der Waals surface area (Å²) in [4.78, 5) is 13.8. The fourth-order valence-corrected chi connectivity index (χ4v) is 0.333. The summed E-state index contributed by atoms with van der Waals surface area (Å²) in [5, 5.41) is 2.27. The van der Waals surface area contributed by atoms with Crippen LogP contribution in [0.15, 0.2) is 12.4 Å². The lowest BCUT2D eigenvalue weighted by atomic mass is 10.9. The highest BCUT2D eigenvalue weighted by molar-refractivity contribution is 5.00. The van der Waals surface area contributed by atoms with Crippen LogP contribution in [0, 0.1) is 4.91 Å². The molecule has 0 fully saturated rings. The van der Waals surface area contributed by atoms with Crippen LogP contribution in [0.4, 0.5) is 5.95 Å². The van der Waals surface area contributed by atoms with Gasteiger partial charge in [0.05, 0.1) is 10.7 Å². The summed E-state index contributed by atoms with van der Waals surface area (Å²) in [7, 11) is 0. The van der Waals surface area contributed by atoms with Crippen LogP contribution >= 0.6 is 0 Å². The molecule has 5 heteroatoms. The van der Waals surface area contributed by atoms with E-state index in [2.05, 4.69) is 10.1 Å². The summed E-state index contributed by atoms with van der Waals surface area (Å²) in [5.74, 6) is -0.0764. The van der Waals surface area contributed by atoms with E-state index in [0.29, 0.717) is 4.54 Å². The number of H-pyrrole nitrogens is 1. The number of aromatic nitrogens is 3. The Bertz CT molecular complexity index is 229. The highest BCUT2D eigenvalue weighted by atomic mass is 16.3. The molecule has 0 bridgehead atoms. The lowest BCUT2D eigenvalue weighted by Gasteiger charge is -1.75. The predicted octanol–water partition coefficient (Wildman–Crippen LogP) is -1.09. The molecule has 42 valence electrons. The van der Waals surface area contributed by atoms with Crippen molar-refractivity contribution >= 4 is 5.95 Å². The summed E-state index contributed by atoms with van der Waals surface area (Å²) in [5.41, 5.74) is 5.03. The highest BCUT2D eigenvalue weighted by Crippen LogP contribution is 1.72. The van der Waals surface area contributed by atoms with Gasteiger partial charge in [-0.1, -0.05) is 9.89 Å². The zero-order chi connectivity index (χ0) is 5.98. The minimum absolute atomic E-state index is 0.0764. The fraction of sp³-hybridized carbons (Fsp3) is 0. The zero-order valence-corrected chi connectivity index (χ0v) is 4.03. The van der Waals surface area contributed by atoms with E-state index in [-0.39, 0.29) is 5.95 Å². The van der Waals surface area contributed by atoms with Gasteiger partial charge in [-0.25, -0.2) is 5.10 Å². The molecule has 0 spiro atoms. The van der Waals surface area contributed by atoms with Gasteiger partial charge < -0.3 is 0 Å². The third-order valence-corrected chi connectivity index (χ3v) is 0.681. The van der Waals surface area contributed by atoms with Crippen LogP contribution in [0.3, 0.4) is 0 Å². The predicted molar refractivity (Wildman–Crippen MR) is 26.4 cm³/mol.